The van der Waals surface area contributed by atoms with Crippen LogP contribution in [0.4, 0.5) is 0 Å². The summed E-state index contributed by atoms with van der Waals surface area (Å²) in [5.74, 6) is -0.128. The van der Waals surface area contributed by atoms with E-state index in [9.17, 15) is 4.79 Å². The second-order valence-electron chi connectivity index (χ2n) is 10.2. The molecule has 0 aromatic heterocycles. The Hall–Kier alpha value is -0.0800. The van der Waals surface area contributed by atoms with Crippen LogP contribution in [0, 0.1) is 0 Å². The molecule has 9 nitrogen and oxygen atoms in total. The van der Waals surface area contributed by atoms with Crippen LogP contribution >= 0.6 is 22.6 Å². The minimum atomic E-state index is -0.128. The van der Waals surface area contributed by atoms with E-state index in [4.69, 9.17) is 37.9 Å². The van der Waals surface area contributed by atoms with Crippen LogP contribution in [0.1, 0.15) is 96.8 Å². The fourth-order valence-corrected chi connectivity index (χ4v) is 4.48. The van der Waals surface area contributed by atoms with Gasteiger partial charge >= 0.3 is 5.97 Å². The summed E-state index contributed by atoms with van der Waals surface area (Å²) >= 11 is 2.42. The Balaban J connectivity index is 3.11. The van der Waals surface area contributed by atoms with Gasteiger partial charge in [0.15, 0.2) is 0 Å². The van der Waals surface area contributed by atoms with E-state index >= 15 is 0 Å². The number of hydrogen-bond acceptors (Lipinski definition) is 9. The third-order valence-corrected chi connectivity index (χ3v) is 7.14. The van der Waals surface area contributed by atoms with Crippen molar-refractivity contribution >= 4 is 28.6 Å². The number of esters is 1. The fraction of sp³-hybridized carbons (Fsp3) is 0.969. The monoisotopic (exact) mass is 718 g/mol. The van der Waals surface area contributed by atoms with Gasteiger partial charge in [-0.25, -0.2) is 0 Å². The zero-order valence-electron chi connectivity index (χ0n) is 26.8. The van der Waals surface area contributed by atoms with Crippen molar-refractivity contribution in [1.29, 1.82) is 0 Å². The van der Waals surface area contributed by atoms with Crippen molar-refractivity contribution in [2.75, 3.05) is 104 Å². The number of rotatable bonds is 37. The number of ether oxygens (including phenoxy) is 8. The van der Waals surface area contributed by atoms with E-state index in [0.717, 1.165) is 25.9 Å². The van der Waals surface area contributed by atoms with Gasteiger partial charge in [-0.3, -0.25) is 4.79 Å². The largest absolute Gasteiger partial charge is 0.463 e. The molecule has 0 aliphatic carbocycles. The molecule has 252 valence electrons. The van der Waals surface area contributed by atoms with Crippen molar-refractivity contribution < 1.29 is 42.7 Å². The van der Waals surface area contributed by atoms with Crippen molar-refractivity contribution in [3.8, 4) is 0 Å². The number of halogens is 1. The molecule has 0 radical (unpaired) electrons. The highest BCUT2D eigenvalue weighted by molar-refractivity contribution is 14.1. The maximum atomic E-state index is 11.8. The normalized spacial score (nSPS) is 11.4. The van der Waals surface area contributed by atoms with E-state index in [0.29, 0.717) is 98.9 Å². The topological polar surface area (TPSA) is 90.9 Å². The molecule has 0 aliphatic rings. The number of unbranched alkanes of at least 4 members (excludes halogenated alkanes) is 11. The van der Waals surface area contributed by atoms with Crippen LogP contribution in [-0.4, -0.2) is 110 Å². The average molecular weight is 719 g/mol. The number of carbonyl (C=O) groups excluding carboxylic acids is 1. The molecular formula is C32H63IO9. The van der Waals surface area contributed by atoms with Crippen LogP contribution in [0.25, 0.3) is 0 Å². The van der Waals surface area contributed by atoms with Crippen LogP contribution in [0.15, 0.2) is 0 Å². The van der Waals surface area contributed by atoms with Crippen LogP contribution < -0.4 is 0 Å². The van der Waals surface area contributed by atoms with Gasteiger partial charge in [0.1, 0.15) is 6.61 Å². The Morgan fingerprint density at radius 1 is 0.405 bits per heavy atom. The minimum Gasteiger partial charge on any atom is -0.463 e. The third-order valence-electron chi connectivity index (χ3n) is 6.38. The van der Waals surface area contributed by atoms with E-state index in [1.807, 2.05) is 0 Å². The molecule has 0 atom stereocenters. The molecular weight excluding hydrogens is 655 g/mol. The first kappa shape index (κ1) is 41.9. The van der Waals surface area contributed by atoms with Crippen molar-refractivity contribution in [3.63, 3.8) is 0 Å². The number of carbonyl (C=O) groups is 1. The highest BCUT2D eigenvalue weighted by Gasteiger charge is 2.03. The first-order valence-corrected chi connectivity index (χ1v) is 18.1. The molecule has 10 heteroatoms. The molecule has 0 fully saturated rings. The summed E-state index contributed by atoms with van der Waals surface area (Å²) in [6.45, 7) is 10.2. The molecule has 0 unspecified atom stereocenters. The fourth-order valence-electron chi connectivity index (χ4n) is 3.94. The smallest absolute Gasteiger partial charge is 0.305 e. The summed E-state index contributed by atoms with van der Waals surface area (Å²) in [6, 6.07) is 0. The molecule has 0 aliphatic heterocycles. The maximum Gasteiger partial charge on any atom is 0.305 e. The van der Waals surface area contributed by atoms with Crippen molar-refractivity contribution in [2.45, 2.75) is 96.8 Å². The van der Waals surface area contributed by atoms with Gasteiger partial charge in [-0.05, 0) is 23.7 Å². The van der Waals surface area contributed by atoms with Crippen LogP contribution in [0.3, 0.4) is 0 Å². The van der Waals surface area contributed by atoms with Crippen LogP contribution in [-0.2, 0) is 42.7 Å². The summed E-state index contributed by atoms with van der Waals surface area (Å²) in [4.78, 5) is 11.8. The van der Waals surface area contributed by atoms with Gasteiger partial charge in [-0.15, -0.1) is 0 Å². The summed E-state index contributed by atoms with van der Waals surface area (Å²) in [5, 5.41) is 0. The Morgan fingerprint density at radius 3 is 1.17 bits per heavy atom. The maximum absolute atomic E-state index is 11.8. The lowest BCUT2D eigenvalue weighted by molar-refractivity contribution is -0.145. The lowest BCUT2D eigenvalue weighted by Crippen LogP contribution is -2.15. The zero-order valence-corrected chi connectivity index (χ0v) is 28.9. The summed E-state index contributed by atoms with van der Waals surface area (Å²) in [5.41, 5.74) is 0. The van der Waals surface area contributed by atoms with E-state index in [1.54, 1.807) is 0 Å². The molecule has 0 amide bonds. The third kappa shape index (κ3) is 37.9. The first-order valence-electron chi connectivity index (χ1n) is 16.6. The van der Waals surface area contributed by atoms with Crippen molar-refractivity contribution in [2.24, 2.45) is 0 Å². The minimum absolute atomic E-state index is 0.128. The van der Waals surface area contributed by atoms with Crippen molar-refractivity contribution in [3.05, 3.63) is 0 Å². The molecule has 0 bridgehead atoms. The van der Waals surface area contributed by atoms with Crippen LogP contribution in [0.2, 0.25) is 0 Å². The predicted molar refractivity (Wildman–Crippen MR) is 176 cm³/mol. The summed E-state index contributed by atoms with van der Waals surface area (Å²) < 4.78 is 44.9. The molecule has 42 heavy (non-hydrogen) atoms. The van der Waals surface area contributed by atoms with E-state index in [2.05, 4.69) is 29.5 Å². The Morgan fingerprint density at radius 2 is 0.738 bits per heavy atom. The van der Waals surface area contributed by atoms with Crippen LogP contribution in [0.5, 0.6) is 0 Å². The molecule has 0 saturated heterocycles. The zero-order chi connectivity index (χ0) is 30.4. The van der Waals surface area contributed by atoms with Gasteiger partial charge < -0.3 is 37.9 Å². The van der Waals surface area contributed by atoms with E-state index in [-0.39, 0.29) is 5.97 Å². The van der Waals surface area contributed by atoms with Gasteiger partial charge in [-0.2, -0.15) is 0 Å². The quantitative estimate of drug-likeness (QED) is 0.0307. The average Bonchev–Trinajstić information content (AvgIpc) is 3.00. The molecule has 0 rings (SSSR count). The highest BCUT2D eigenvalue weighted by atomic mass is 127. The predicted octanol–water partition coefficient (Wildman–Crippen LogP) is 6.56. The van der Waals surface area contributed by atoms with Gasteiger partial charge in [0.25, 0.3) is 0 Å². The van der Waals surface area contributed by atoms with E-state index in [1.165, 1.54) is 68.6 Å². The molecule has 0 N–H and O–H groups in total. The second kappa shape index (κ2) is 38.9. The Bertz CT molecular complexity index is 514. The lowest BCUT2D eigenvalue weighted by Gasteiger charge is -2.09. The summed E-state index contributed by atoms with van der Waals surface area (Å²) in [7, 11) is 0. The molecule has 0 aromatic rings. The van der Waals surface area contributed by atoms with Gasteiger partial charge in [-0.1, -0.05) is 93.7 Å². The molecule has 0 saturated carbocycles. The SMILES string of the molecule is CCCCCCCCCCCC(=O)OCCOCCOCCOCCOCCOCCOCCOCCCCCCI. The van der Waals surface area contributed by atoms with Gasteiger partial charge in [0, 0.05) is 13.0 Å². The number of hydrogen-bond donors (Lipinski definition) is 0. The highest BCUT2D eigenvalue weighted by Crippen LogP contribution is 2.10. The first-order chi connectivity index (χ1) is 20.8. The Labute approximate surface area is 270 Å². The van der Waals surface area contributed by atoms with Crippen molar-refractivity contribution in [1.82, 2.24) is 0 Å². The Kier molecular flexibility index (Phi) is 38.9. The second-order valence-corrected chi connectivity index (χ2v) is 11.3. The molecule has 0 aromatic carbocycles. The molecule has 0 heterocycles. The van der Waals surface area contributed by atoms with Gasteiger partial charge in [0.2, 0.25) is 0 Å². The molecule has 0 spiro atoms. The van der Waals surface area contributed by atoms with Gasteiger partial charge in [0.05, 0.1) is 85.9 Å². The lowest BCUT2D eigenvalue weighted by atomic mass is 10.1. The number of alkyl halides is 1. The summed E-state index contributed by atoms with van der Waals surface area (Å²) in [6.07, 6.45) is 16.6. The standard InChI is InChI=1S/C32H63IO9/c1-2-3-4-5-6-7-8-9-12-15-32(34)42-31-30-41-29-28-40-27-26-39-25-24-38-23-22-37-21-20-36-19-18-35-17-14-11-10-13-16-33/h2-31H2,1H3. The van der Waals surface area contributed by atoms with E-state index < -0.39 is 0 Å².